The van der Waals surface area contributed by atoms with Crippen LogP contribution < -0.4 is 10.6 Å². The number of nitrogens with zero attached hydrogens (tertiary/aromatic N) is 1. The summed E-state index contributed by atoms with van der Waals surface area (Å²) in [4.78, 5) is 38.2. The predicted molar refractivity (Wildman–Crippen MR) is 122 cm³/mol. The average molecular weight is 428 g/mol. The molecule has 3 aromatic carbocycles. The lowest BCUT2D eigenvalue weighted by Gasteiger charge is -2.39. The van der Waals surface area contributed by atoms with Crippen molar-refractivity contribution >= 4 is 29.0 Å². The standard InChI is InChI=1S/C26H24N2O4/c27-25(30)23(28(19-9-3-1-4-10-19)20-11-5-2-6-12-20)18-14-15-21-17(16-18)8-7-13-22(21)24(29)26(31)32/h1-13,18,23H,14-16H2,(H2,27,30)(H,31,32). The fourth-order valence-electron chi connectivity index (χ4n) is 4.65. The Morgan fingerprint density at radius 1 is 0.875 bits per heavy atom. The SMILES string of the molecule is NC(=O)C(C1CCc2c(cccc2C(=O)C(=O)O)C1)N(c1ccccc1)c1ccccc1. The molecule has 1 amide bonds. The number of fused-ring (bicyclic) bond motifs is 1. The highest BCUT2D eigenvalue weighted by molar-refractivity contribution is 6.40. The summed E-state index contributed by atoms with van der Waals surface area (Å²) in [5.41, 5.74) is 9.57. The minimum Gasteiger partial charge on any atom is -0.475 e. The maximum atomic E-state index is 12.8. The molecule has 3 aromatic rings. The van der Waals surface area contributed by atoms with Gasteiger partial charge in [0.05, 0.1) is 0 Å². The molecule has 0 saturated heterocycles. The number of primary amides is 1. The Hall–Kier alpha value is -3.93. The first-order chi connectivity index (χ1) is 15.5. The number of anilines is 2. The van der Waals surface area contributed by atoms with Crippen LogP contribution in [-0.2, 0) is 22.4 Å². The van der Waals surface area contributed by atoms with E-state index in [4.69, 9.17) is 10.8 Å². The molecular formula is C26H24N2O4. The number of rotatable bonds is 7. The number of carbonyl (C=O) groups excluding carboxylic acids is 2. The highest BCUT2D eigenvalue weighted by Gasteiger charge is 2.36. The lowest BCUT2D eigenvalue weighted by Crippen LogP contribution is -2.49. The van der Waals surface area contributed by atoms with Crippen LogP contribution in [0.5, 0.6) is 0 Å². The first-order valence-electron chi connectivity index (χ1n) is 10.5. The molecule has 0 fully saturated rings. The van der Waals surface area contributed by atoms with Crippen LogP contribution in [0.1, 0.15) is 27.9 Å². The number of hydrogen-bond acceptors (Lipinski definition) is 4. The highest BCUT2D eigenvalue weighted by Crippen LogP contribution is 2.36. The van der Waals surface area contributed by atoms with Crippen molar-refractivity contribution < 1.29 is 19.5 Å². The third-order valence-corrected chi connectivity index (χ3v) is 6.04. The van der Waals surface area contributed by atoms with E-state index in [0.29, 0.717) is 19.3 Å². The summed E-state index contributed by atoms with van der Waals surface area (Å²) in [6.07, 6.45) is 1.65. The zero-order chi connectivity index (χ0) is 22.7. The van der Waals surface area contributed by atoms with Gasteiger partial charge in [-0.2, -0.15) is 0 Å². The third-order valence-electron chi connectivity index (χ3n) is 6.04. The van der Waals surface area contributed by atoms with Gasteiger partial charge >= 0.3 is 5.97 Å². The molecule has 1 aliphatic carbocycles. The summed E-state index contributed by atoms with van der Waals surface area (Å²) < 4.78 is 0. The Labute approximate surface area is 186 Å². The summed E-state index contributed by atoms with van der Waals surface area (Å²) in [5, 5.41) is 9.16. The second kappa shape index (κ2) is 9.06. The van der Waals surface area contributed by atoms with Gasteiger partial charge in [-0.15, -0.1) is 0 Å². The molecule has 4 rings (SSSR count). The van der Waals surface area contributed by atoms with E-state index in [-0.39, 0.29) is 11.5 Å². The number of hydrogen-bond donors (Lipinski definition) is 2. The first kappa shape index (κ1) is 21.3. The quantitative estimate of drug-likeness (QED) is 0.441. The number of ketones is 1. The molecule has 0 saturated carbocycles. The monoisotopic (exact) mass is 428 g/mol. The number of aliphatic carboxylic acids is 1. The van der Waals surface area contributed by atoms with Gasteiger partial charge in [-0.05, 0) is 60.6 Å². The zero-order valence-electron chi connectivity index (χ0n) is 17.5. The molecule has 1 aliphatic rings. The minimum absolute atomic E-state index is 0.101. The minimum atomic E-state index is -1.46. The molecule has 0 bridgehead atoms. The van der Waals surface area contributed by atoms with Crippen molar-refractivity contribution in [1.82, 2.24) is 0 Å². The maximum absolute atomic E-state index is 12.8. The van der Waals surface area contributed by atoms with Gasteiger partial charge in [0.1, 0.15) is 6.04 Å². The van der Waals surface area contributed by atoms with Crippen LogP contribution in [-0.4, -0.2) is 28.8 Å². The molecule has 3 N–H and O–H groups in total. The number of para-hydroxylation sites is 2. The summed E-state index contributed by atoms with van der Waals surface area (Å²) >= 11 is 0. The number of benzene rings is 3. The Morgan fingerprint density at radius 3 is 2.00 bits per heavy atom. The van der Waals surface area contributed by atoms with Gasteiger partial charge < -0.3 is 15.7 Å². The molecule has 2 atom stereocenters. The van der Waals surface area contributed by atoms with E-state index >= 15 is 0 Å². The molecule has 0 radical (unpaired) electrons. The van der Waals surface area contributed by atoms with Crippen LogP contribution in [0.2, 0.25) is 0 Å². The van der Waals surface area contributed by atoms with E-state index in [1.165, 1.54) is 0 Å². The second-order valence-corrected chi connectivity index (χ2v) is 7.97. The van der Waals surface area contributed by atoms with Gasteiger partial charge in [-0.25, -0.2) is 4.79 Å². The molecular weight excluding hydrogens is 404 g/mol. The number of nitrogens with two attached hydrogens (primary N) is 1. The van der Waals surface area contributed by atoms with E-state index in [1.54, 1.807) is 12.1 Å². The normalized spacial score (nSPS) is 15.9. The van der Waals surface area contributed by atoms with E-state index in [9.17, 15) is 14.4 Å². The van der Waals surface area contributed by atoms with Crippen molar-refractivity contribution in [3.8, 4) is 0 Å². The van der Waals surface area contributed by atoms with Crippen LogP contribution in [0.25, 0.3) is 0 Å². The lowest BCUT2D eigenvalue weighted by atomic mass is 9.77. The zero-order valence-corrected chi connectivity index (χ0v) is 17.5. The Morgan fingerprint density at radius 2 is 1.47 bits per heavy atom. The number of carbonyl (C=O) groups is 3. The second-order valence-electron chi connectivity index (χ2n) is 7.97. The molecule has 2 unspecified atom stereocenters. The van der Waals surface area contributed by atoms with E-state index in [0.717, 1.165) is 22.5 Å². The van der Waals surface area contributed by atoms with Crippen LogP contribution >= 0.6 is 0 Å². The van der Waals surface area contributed by atoms with Crippen molar-refractivity contribution in [1.29, 1.82) is 0 Å². The largest absolute Gasteiger partial charge is 0.475 e. The van der Waals surface area contributed by atoms with Crippen molar-refractivity contribution in [2.75, 3.05) is 4.90 Å². The number of carboxylic acids is 1. The summed E-state index contributed by atoms with van der Waals surface area (Å²) in [5.74, 6) is -2.89. The number of carboxylic acid groups (broad SMARTS) is 1. The maximum Gasteiger partial charge on any atom is 0.377 e. The van der Waals surface area contributed by atoms with Gasteiger partial charge in [0, 0.05) is 16.9 Å². The summed E-state index contributed by atoms with van der Waals surface area (Å²) in [6.45, 7) is 0. The molecule has 0 spiro atoms. The molecule has 162 valence electrons. The Bertz CT molecular complexity index is 1110. The number of Topliss-reactive ketones (excluding diaryl/α,β-unsaturated/α-hetero) is 1. The molecule has 6 heteroatoms. The molecule has 0 aromatic heterocycles. The van der Waals surface area contributed by atoms with Crippen molar-refractivity contribution in [2.24, 2.45) is 11.7 Å². The van der Waals surface area contributed by atoms with E-state index in [2.05, 4.69) is 0 Å². The fraction of sp³-hybridized carbons (Fsp3) is 0.192. The van der Waals surface area contributed by atoms with Gasteiger partial charge in [-0.1, -0.05) is 54.6 Å². The third kappa shape index (κ3) is 4.12. The lowest BCUT2D eigenvalue weighted by molar-refractivity contribution is -0.131. The average Bonchev–Trinajstić information content (AvgIpc) is 2.82. The van der Waals surface area contributed by atoms with Gasteiger partial charge in [0.15, 0.2) is 0 Å². The molecule has 0 heterocycles. The van der Waals surface area contributed by atoms with Crippen LogP contribution in [0, 0.1) is 5.92 Å². The van der Waals surface area contributed by atoms with Crippen LogP contribution in [0.4, 0.5) is 11.4 Å². The molecule has 32 heavy (non-hydrogen) atoms. The fourth-order valence-corrected chi connectivity index (χ4v) is 4.65. The van der Waals surface area contributed by atoms with Crippen molar-refractivity contribution in [3.63, 3.8) is 0 Å². The van der Waals surface area contributed by atoms with Crippen LogP contribution in [0.3, 0.4) is 0 Å². The Kier molecular flexibility index (Phi) is 6.03. The Balaban J connectivity index is 1.74. The first-order valence-corrected chi connectivity index (χ1v) is 10.5. The predicted octanol–water partition coefficient (Wildman–Crippen LogP) is 3.75. The molecule has 6 nitrogen and oxygen atoms in total. The smallest absolute Gasteiger partial charge is 0.377 e. The topological polar surface area (TPSA) is 101 Å². The van der Waals surface area contributed by atoms with E-state index < -0.39 is 23.7 Å². The highest BCUT2D eigenvalue weighted by atomic mass is 16.4. The number of amides is 1. The van der Waals surface area contributed by atoms with E-state index in [1.807, 2.05) is 71.6 Å². The summed E-state index contributed by atoms with van der Waals surface area (Å²) in [6, 6.07) is 23.9. The van der Waals surface area contributed by atoms with Crippen molar-refractivity contribution in [3.05, 3.63) is 95.6 Å². The molecule has 0 aliphatic heterocycles. The van der Waals surface area contributed by atoms with Crippen molar-refractivity contribution in [2.45, 2.75) is 25.3 Å². The van der Waals surface area contributed by atoms with Crippen LogP contribution in [0.15, 0.2) is 78.9 Å². The van der Waals surface area contributed by atoms with Gasteiger partial charge in [-0.3, -0.25) is 9.59 Å². The van der Waals surface area contributed by atoms with Gasteiger partial charge in [0.2, 0.25) is 5.91 Å². The van der Waals surface area contributed by atoms with Gasteiger partial charge in [0.25, 0.3) is 5.78 Å². The summed E-state index contributed by atoms with van der Waals surface area (Å²) in [7, 11) is 0.